The van der Waals surface area contributed by atoms with Crippen molar-refractivity contribution in [3.63, 3.8) is 0 Å². The van der Waals surface area contributed by atoms with Gasteiger partial charge < -0.3 is 9.80 Å². The molecule has 0 unspecified atom stereocenters. The van der Waals surface area contributed by atoms with E-state index in [4.69, 9.17) is 4.98 Å². The zero-order valence-corrected chi connectivity index (χ0v) is 18.7. The van der Waals surface area contributed by atoms with Crippen LogP contribution >= 0.6 is 0 Å². The van der Waals surface area contributed by atoms with Crippen LogP contribution in [0.25, 0.3) is 0 Å². The van der Waals surface area contributed by atoms with Gasteiger partial charge in [0, 0.05) is 57.1 Å². The fraction of sp³-hybridized carbons (Fsp3) is 0.583. The van der Waals surface area contributed by atoms with Crippen molar-refractivity contribution in [1.29, 1.82) is 0 Å². The van der Waals surface area contributed by atoms with E-state index in [1.165, 1.54) is 11.3 Å². The van der Waals surface area contributed by atoms with Crippen LogP contribution in [0.2, 0.25) is 0 Å². The highest BCUT2D eigenvalue weighted by Crippen LogP contribution is 2.23. The molecule has 6 nitrogen and oxygen atoms in total. The summed E-state index contributed by atoms with van der Waals surface area (Å²) in [4.78, 5) is 27.6. The lowest BCUT2D eigenvalue weighted by atomic mass is 9.99. The minimum atomic E-state index is 0.0526. The van der Waals surface area contributed by atoms with Crippen LogP contribution in [0, 0.1) is 5.92 Å². The Labute approximate surface area is 179 Å². The summed E-state index contributed by atoms with van der Waals surface area (Å²) in [5.41, 5.74) is 4.47. The van der Waals surface area contributed by atoms with Gasteiger partial charge in [0.2, 0.25) is 5.95 Å². The zero-order chi connectivity index (χ0) is 21.1. The molecule has 6 heteroatoms. The third kappa shape index (κ3) is 4.53. The molecule has 0 atom stereocenters. The number of hydrogen-bond acceptors (Lipinski definition) is 5. The monoisotopic (exact) mass is 409 g/mol. The van der Waals surface area contributed by atoms with Gasteiger partial charge in [-0.15, -0.1) is 0 Å². The van der Waals surface area contributed by atoms with E-state index in [1.54, 1.807) is 0 Å². The number of benzene rings is 1. The van der Waals surface area contributed by atoms with Crippen LogP contribution in [0.15, 0.2) is 29.1 Å². The van der Waals surface area contributed by atoms with Crippen LogP contribution in [0.4, 0.5) is 11.6 Å². The molecule has 2 aliphatic rings. The molecule has 0 radical (unpaired) electrons. The molecule has 0 amide bonds. The van der Waals surface area contributed by atoms with Crippen LogP contribution in [0.5, 0.6) is 0 Å². The molecule has 1 saturated heterocycles. The van der Waals surface area contributed by atoms with Crippen molar-refractivity contribution in [3.05, 3.63) is 51.4 Å². The Hall–Kier alpha value is -2.34. The Morgan fingerprint density at radius 1 is 1.10 bits per heavy atom. The number of H-pyrrole nitrogens is 1. The number of aromatic amines is 1. The average Bonchev–Trinajstić information content (AvgIpc) is 2.76. The number of anilines is 2. The maximum absolute atomic E-state index is 12.7. The van der Waals surface area contributed by atoms with Crippen molar-refractivity contribution in [3.8, 4) is 0 Å². The topological polar surface area (TPSA) is 55.5 Å². The minimum Gasteiger partial charge on any atom is -0.372 e. The Bertz CT molecular complexity index is 895. The molecule has 1 aromatic carbocycles. The largest absolute Gasteiger partial charge is 0.372 e. The van der Waals surface area contributed by atoms with Gasteiger partial charge in [-0.1, -0.05) is 19.1 Å². The minimum absolute atomic E-state index is 0.0526. The van der Waals surface area contributed by atoms with E-state index in [9.17, 15) is 4.79 Å². The molecule has 3 heterocycles. The molecular weight excluding hydrogens is 374 g/mol. The maximum Gasteiger partial charge on any atom is 0.255 e. The second kappa shape index (κ2) is 9.21. The first-order chi connectivity index (χ1) is 14.6. The van der Waals surface area contributed by atoms with Crippen LogP contribution in [-0.4, -0.2) is 47.6 Å². The molecule has 0 bridgehead atoms. The van der Waals surface area contributed by atoms with Gasteiger partial charge in [-0.05, 0) is 56.7 Å². The molecule has 1 aromatic heterocycles. The molecule has 0 saturated carbocycles. The highest BCUT2D eigenvalue weighted by atomic mass is 16.1. The van der Waals surface area contributed by atoms with E-state index in [2.05, 4.69) is 64.7 Å². The van der Waals surface area contributed by atoms with Crippen molar-refractivity contribution >= 4 is 11.6 Å². The summed E-state index contributed by atoms with van der Waals surface area (Å²) in [6, 6.07) is 8.90. The van der Waals surface area contributed by atoms with Gasteiger partial charge in [0.1, 0.15) is 0 Å². The van der Waals surface area contributed by atoms with Crippen LogP contribution in [-0.2, 0) is 19.5 Å². The van der Waals surface area contributed by atoms with E-state index < -0.39 is 0 Å². The van der Waals surface area contributed by atoms with Crippen LogP contribution in [0.1, 0.15) is 50.4 Å². The van der Waals surface area contributed by atoms with E-state index in [0.29, 0.717) is 0 Å². The fourth-order valence-electron chi connectivity index (χ4n) is 4.64. The highest BCUT2D eigenvalue weighted by molar-refractivity contribution is 5.47. The van der Waals surface area contributed by atoms with Gasteiger partial charge in [0.05, 0.1) is 5.69 Å². The third-order valence-corrected chi connectivity index (χ3v) is 6.69. The van der Waals surface area contributed by atoms with Crippen molar-refractivity contribution in [2.24, 2.45) is 5.92 Å². The van der Waals surface area contributed by atoms with Gasteiger partial charge in [0.25, 0.3) is 5.56 Å². The molecule has 4 rings (SSSR count). The second-order valence-electron chi connectivity index (χ2n) is 8.78. The second-order valence-corrected chi connectivity index (χ2v) is 8.78. The first-order valence-electron chi connectivity index (χ1n) is 11.5. The predicted octanol–water partition coefficient (Wildman–Crippen LogP) is 3.41. The average molecular weight is 410 g/mol. The lowest BCUT2D eigenvalue weighted by Crippen LogP contribution is -2.39. The van der Waals surface area contributed by atoms with E-state index >= 15 is 0 Å². The number of nitrogens with zero attached hydrogens (tertiary/aromatic N) is 4. The molecule has 1 fully saturated rings. The highest BCUT2D eigenvalue weighted by Gasteiger charge is 2.24. The normalized spacial score (nSPS) is 17.8. The van der Waals surface area contributed by atoms with E-state index in [0.717, 1.165) is 88.2 Å². The van der Waals surface area contributed by atoms with E-state index in [-0.39, 0.29) is 5.56 Å². The molecule has 0 aliphatic carbocycles. The summed E-state index contributed by atoms with van der Waals surface area (Å²) in [7, 11) is 0. The maximum atomic E-state index is 12.7. The number of fused-ring (bicyclic) bond motifs is 1. The molecule has 2 aliphatic heterocycles. The summed E-state index contributed by atoms with van der Waals surface area (Å²) >= 11 is 0. The number of hydrogen-bond donors (Lipinski definition) is 1. The quantitative estimate of drug-likeness (QED) is 0.792. The Kier molecular flexibility index (Phi) is 6.42. The van der Waals surface area contributed by atoms with Gasteiger partial charge in [0.15, 0.2) is 0 Å². The standard InChI is InChI=1S/C24H35N5O/c1-4-28(5-2)20-8-6-19(7-9-20)16-27-13-12-21-22(17-27)25-24(26-23(21)30)29-14-10-18(3)11-15-29/h6-9,18H,4-5,10-17H2,1-3H3,(H,25,26,30). The number of rotatable bonds is 6. The predicted molar refractivity (Wildman–Crippen MR) is 123 cm³/mol. The number of piperidine rings is 1. The fourth-order valence-corrected chi connectivity index (χ4v) is 4.64. The summed E-state index contributed by atoms with van der Waals surface area (Å²) in [6.07, 6.45) is 3.10. The summed E-state index contributed by atoms with van der Waals surface area (Å²) < 4.78 is 0. The number of aromatic nitrogens is 2. The molecule has 162 valence electrons. The molecule has 30 heavy (non-hydrogen) atoms. The third-order valence-electron chi connectivity index (χ3n) is 6.69. The Morgan fingerprint density at radius 2 is 1.80 bits per heavy atom. The molecule has 1 N–H and O–H groups in total. The Morgan fingerprint density at radius 3 is 2.47 bits per heavy atom. The smallest absolute Gasteiger partial charge is 0.255 e. The molecule has 0 spiro atoms. The summed E-state index contributed by atoms with van der Waals surface area (Å²) in [5.74, 6) is 1.52. The molecule has 2 aromatic rings. The lowest BCUT2D eigenvalue weighted by Gasteiger charge is -2.32. The first-order valence-corrected chi connectivity index (χ1v) is 11.5. The van der Waals surface area contributed by atoms with Crippen molar-refractivity contribution < 1.29 is 0 Å². The van der Waals surface area contributed by atoms with Crippen LogP contribution < -0.4 is 15.4 Å². The van der Waals surface area contributed by atoms with Gasteiger partial charge in [-0.3, -0.25) is 14.7 Å². The zero-order valence-electron chi connectivity index (χ0n) is 18.7. The van der Waals surface area contributed by atoms with Crippen LogP contribution in [0.3, 0.4) is 0 Å². The first kappa shape index (κ1) is 20.9. The SMILES string of the molecule is CCN(CC)c1ccc(CN2CCc3c(nc(N4CCC(C)CC4)[nH]c3=O)C2)cc1. The van der Waals surface area contributed by atoms with Crippen molar-refractivity contribution in [1.82, 2.24) is 14.9 Å². The number of nitrogens with one attached hydrogen (secondary N) is 1. The van der Waals surface area contributed by atoms with Crippen molar-refractivity contribution in [2.75, 3.05) is 42.5 Å². The van der Waals surface area contributed by atoms with Gasteiger partial charge in [-0.2, -0.15) is 0 Å². The van der Waals surface area contributed by atoms with E-state index in [1.807, 2.05) is 0 Å². The summed E-state index contributed by atoms with van der Waals surface area (Å²) in [5, 5.41) is 0. The van der Waals surface area contributed by atoms with Gasteiger partial charge in [-0.25, -0.2) is 4.98 Å². The lowest BCUT2D eigenvalue weighted by molar-refractivity contribution is 0.240. The van der Waals surface area contributed by atoms with Gasteiger partial charge >= 0.3 is 0 Å². The van der Waals surface area contributed by atoms with Crippen molar-refractivity contribution in [2.45, 2.75) is 53.1 Å². The molecular formula is C24H35N5O. The Balaban J connectivity index is 1.45. The summed E-state index contributed by atoms with van der Waals surface area (Å²) in [6.45, 7) is 13.2.